The molecule has 6 heteroatoms. The molecule has 2 saturated heterocycles. The molecule has 2 rings (SSSR count). The molecule has 1 N–H and O–H groups in total. The van der Waals surface area contributed by atoms with Gasteiger partial charge >= 0.3 is 5.97 Å². The molecule has 17 heavy (non-hydrogen) atoms. The van der Waals surface area contributed by atoms with Crippen molar-refractivity contribution >= 4 is 11.9 Å². The van der Waals surface area contributed by atoms with Crippen LogP contribution in [-0.4, -0.2) is 60.4 Å². The summed E-state index contributed by atoms with van der Waals surface area (Å²) in [6.45, 7) is 3.40. The van der Waals surface area contributed by atoms with Gasteiger partial charge in [0.15, 0.2) is 6.10 Å². The first-order valence-corrected chi connectivity index (χ1v) is 5.84. The van der Waals surface area contributed by atoms with Crippen LogP contribution in [-0.2, 0) is 19.1 Å². The second kappa shape index (κ2) is 5.01. The Balaban J connectivity index is 1.97. The zero-order valence-electron chi connectivity index (χ0n) is 9.80. The van der Waals surface area contributed by atoms with E-state index in [0.29, 0.717) is 13.2 Å². The van der Waals surface area contributed by atoms with Crippen molar-refractivity contribution < 1.29 is 24.2 Å². The molecule has 3 unspecified atom stereocenters. The molecular weight excluding hydrogens is 226 g/mol. The number of nitrogens with zero attached hydrogens (tertiary/aromatic N) is 1. The number of carboxylic acid groups (broad SMARTS) is 1. The third-order valence-electron chi connectivity index (χ3n) is 3.28. The van der Waals surface area contributed by atoms with Crippen molar-refractivity contribution in [2.45, 2.75) is 25.6 Å². The van der Waals surface area contributed by atoms with Gasteiger partial charge in [-0.3, -0.25) is 4.79 Å². The number of hydrogen-bond donors (Lipinski definition) is 1. The van der Waals surface area contributed by atoms with Gasteiger partial charge in [-0.2, -0.15) is 0 Å². The molecule has 0 aromatic carbocycles. The van der Waals surface area contributed by atoms with E-state index in [0.717, 1.165) is 6.42 Å². The summed E-state index contributed by atoms with van der Waals surface area (Å²) < 4.78 is 10.5. The lowest BCUT2D eigenvalue weighted by Gasteiger charge is -2.33. The van der Waals surface area contributed by atoms with Crippen LogP contribution < -0.4 is 0 Å². The predicted molar refractivity (Wildman–Crippen MR) is 57.5 cm³/mol. The van der Waals surface area contributed by atoms with Crippen LogP contribution in [0, 0.1) is 5.92 Å². The number of amides is 1. The monoisotopic (exact) mass is 243 g/mol. The predicted octanol–water partition coefficient (Wildman–Crippen LogP) is -0.277. The van der Waals surface area contributed by atoms with E-state index in [1.807, 2.05) is 6.92 Å². The highest BCUT2D eigenvalue weighted by Crippen LogP contribution is 2.22. The van der Waals surface area contributed by atoms with Crippen LogP contribution in [0.2, 0.25) is 0 Å². The maximum atomic E-state index is 12.1. The number of carbonyl (C=O) groups excluding carboxylic acids is 1. The van der Waals surface area contributed by atoms with Crippen molar-refractivity contribution in [2.75, 3.05) is 26.3 Å². The van der Waals surface area contributed by atoms with Crippen LogP contribution in [0.4, 0.5) is 0 Å². The molecule has 2 aliphatic rings. The molecule has 0 bridgehead atoms. The maximum absolute atomic E-state index is 12.1. The number of ether oxygens (including phenoxy) is 2. The number of aliphatic carboxylic acids is 1. The first kappa shape index (κ1) is 12.3. The van der Waals surface area contributed by atoms with Crippen molar-refractivity contribution in [1.29, 1.82) is 0 Å². The summed E-state index contributed by atoms with van der Waals surface area (Å²) in [6, 6.07) is 0. The van der Waals surface area contributed by atoms with Crippen LogP contribution in [0.5, 0.6) is 0 Å². The van der Waals surface area contributed by atoms with Crippen LogP contribution in [0.3, 0.4) is 0 Å². The fraction of sp³-hybridized carbons (Fsp3) is 0.818. The van der Waals surface area contributed by atoms with Gasteiger partial charge in [0.2, 0.25) is 0 Å². The Hall–Kier alpha value is -1.14. The molecule has 96 valence electrons. The highest BCUT2D eigenvalue weighted by molar-refractivity contribution is 5.82. The number of carboxylic acids is 1. The van der Waals surface area contributed by atoms with E-state index < -0.39 is 18.2 Å². The smallest absolute Gasteiger partial charge is 0.334 e. The summed E-state index contributed by atoms with van der Waals surface area (Å²) in [5, 5.41) is 8.86. The molecule has 0 radical (unpaired) electrons. The van der Waals surface area contributed by atoms with Gasteiger partial charge in [-0.25, -0.2) is 4.79 Å². The van der Waals surface area contributed by atoms with E-state index in [-0.39, 0.29) is 25.0 Å². The zero-order chi connectivity index (χ0) is 12.4. The molecule has 0 aromatic heterocycles. The summed E-state index contributed by atoms with van der Waals surface area (Å²) in [4.78, 5) is 24.5. The van der Waals surface area contributed by atoms with E-state index in [4.69, 9.17) is 14.6 Å². The standard InChI is InChI=1S/C11H17NO5/c1-7-2-4-17-9(7)10(13)12-3-5-16-8(6-12)11(14)15/h7-9H,2-6H2,1H3,(H,14,15). The van der Waals surface area contributed by atoms with Gasteiger partial charge < -0.3 is 19.5 Å². The Morgan fingerprint density at radius 3 is 2.65 bits per heavy atom. The lowest BCUT2D eigenvalue weighted by molar-refractivity contribution is -0.162. The third kappa shape index (κ3) is 2.58. The van der Waals surface area contributed by atoms with Gasteiger partial charge in [0.1, 0.15) is 6.10 Å². The van der Waals surface area contributed by atoms with Gasteiger partial charge in [-0.1, -0.05) is 6.92 Å². The minimum Gasteiger partial charge on any atom is -0.479 e. The van der Waals surface area contributed by atoms with Gasteiger partial charge in [-0.05, 0) is 12.3 Å². The Labute approximate surface area is 99.5 Å². The minimum absolute atomic E-state index is 0.107. The topological polar surface area (TPSA) is 76.1 Å². The molecule has 0 spiro atoms. The Morgan fingerprint density at radius 1 is 1.29 bits per heavy atom. The Kier molecular flexibility index (Phi) is 3.63. The zero-order valence-corrected chi connectivity index (χ0v) is 9.80. The van der Waals surface area contributed by atoms with Gasteiger partial charge in [0.05, 0.1) is 13.2 Å². The van der Waals surface area contributed by atoms with E-state index in [2.05, 4.69) is 0 Å². The molecule has 3 atom stereocenters. The summed E-state index contributed by atoms with van der Waals surface area (Å²) in [5.74, 6) is -0.930. The highest BCUT2D eigenvalue weighted by atomic mass is 16.5. The largest absolute Gasteiger partial charge is 0.479 e. The second-order valence-electron chi connectivity index (χ2n) is 4.54. The van der Waals surface area contributed by atoms with Gasteiger partial charge in [0.25, 0.3) is 5.91 Å². The SMILES string of the molecule is CC1CCOC1C(=O)N1CCOC(C(=O)O)C1. The molecular formula is C11H17NO5. The van der Waals surface area contributed by atoms with Crippen LogP contribution in [0.15, 0.2) is 0 Å². The molecule has 0 aromatic rings. The normalized spacial score (nSPS) is 33.7. The fourth-order valence-electron chi connectivity index (χ4n) is 2.19. The highest BCUT2D eigenvalue weighted by Gasteiger charge is 2.37. The fourth-order valence-corrected chi connectivity index (χ4v) is 2.19. The van der Waals surface area contributed by atoms with Crippen molar-refractivity contribution in [2.24, 2.45) is 5.92 Å². The number of morpholine rings is 1. The third-order valence-corrected chi connectivity index (χ3v) is 3.28. The first-order chi connectivity index (χ1) is 8.09. The van der Waals surface area contributed by atoms with Crippen LogP contribution in [0.1, 0.15) is 13.3 Å². The quantitative estimate of drug-likeness (QED) is 0.722. The molecule has 0 saturated carbocycles. The van der Waals surface area contributed by atoms with Crippen molar-refractivity contribution in [3.05, 3.63) is 0 Å². The molecule has 2 aliphatic heterocycles. The number of hydrogen-bond acceptors (Lipinski definition) is 4. The number of carbonyl (C=O) groups is 2. The van der Waals surface area contributed by atoms with Gasteiger partial charge in [0, 0.05) is 13.2 Å². The molecule has 0 aliphatic carbocycles. The average Bonchev–Trinajstić information content (AvgIpc) is 2.74. The second-order valence-corrected chi connectivity index (χ2v) is 4.54. The molecule has 1 amide bonds. The lowest BCUT2D eigenvalue weighted by Crippen LogP contribution is -2.52. The summed E-state index contributed by atoms with van der Waals surface area (Å²) >= 11 is 0. The van der Waals surface area contributed by atoms with E-state index in [9.17, 15) is 9.59 Å². The maximum Gasteiger partial charge on any atom is 0.334 e. The minimum atomic E-state index is -1.03. The Bertz CT molecular complexity index is 319. The molecule has 2 fully saturated rings. The van der Waals surface area contributed by atoms with Crippen molar-refractivity contribution in [1.82, 2.24) is 4.90 Å². The summed E-state index contributed by atoms with van der Waals surface area (Å²) in [5.41, 5.74) is 0. The van der Waals surface area contributed by atoms with Crippen molar-refractivity contribution in [3.8, 4) is 0 Å². The van der Waals surface area contributed by atoms with Crippen LogP contribution in [0.25, 0.3) is 0 Å². The Morgan fingerprint density at radius 2 is 2.06 bits per heavy atom. The molecule has 2 heterocycles. The average molecular weight is 243 g/mol. The van der Waals surface area contributed by atoms with Gasteiger partial charge in [-0.15, -0.1) is 0 Å². The van der Waals surface area contributed by atoms with Crippen molar-refractivity contribution in [3.63, 3.8) is 0 Å². The van der Waals surface area contributed by atoms with E-state index >= 15 is 0 Å². The lowest BCUT2D eigenvalue weighted by atomic mass is 10.0. The number of rotatable bonds is 2. The first-order valence-electron chi connectivity index (χ1n) is 5.84. The van der Waals surface area contributed by atoms with E-state index in [1.54, 1.807) is 0 Å². The summed E-state index contributed by atoms with van der Waals surface area (Å²) in [7, 11) is 0. The van der Waals surface area contributed by atoms with E-state index in [1.165, 1.54) is 4.90 Å². The van der Waals surface area contributed by atoms with Crippen LogP contribution >= 0.6 is 0 Å². The molecule has 6 nitrogen and oxygen atoms in total. The summed E-state index contributed by atoms with van der Waals surface area (Å²) in [6.07, 6.45) is -0.449.